The second kappa shape index (κ2) is 11.1. The van der Waals surface area contributed by atoms with Crippen molar-refractivity contribution in [2.75, 3.05) is 19.5 Å². The van der Waals surface area contributed by atoms with Gasteiger partial charge in [-0.3, -0.25) is 13.9 Å². The maximum Gasteiger partial charge on any atom is 0.459 e. The number of hydrogen-bond donors (Lipinski definition) is 3. The van der Waals surface area contributed by atoms with E-state index in [-0.39, 0.29) is 11.6 Å². The molecular formula is C20H26N7O8P. The summed E-state index contributed by atoms with van der Waals surface area (Å²) in [4.78, 5) is 30.7. The first-order chi connectivity index (χ1) is 17.0. The first-order valence-electron chi connectivity index (χ1n) is 10.6. The third-order valence-corrected chi connectivity index (χ3v) is 7.05. The van der Waals surface area contributed by atoms with Crippen LogP contribution >= 0.6 is 7.75 Å². The first-order valence-corrected chi connectivity index (χ1v) is 12.2. The molecule has 1 aromatic heterocycles. The number of nitrogens with one attached hydrogen (secondary N) is 1. The Labute approximate surface area is 205 Å². The van der Waals surface area contributed by atoms with Crippen LogP contribution in [0.4, 0.5) is 5.82 Å². The average Bonchev–Trinajstić information content (AvgIpc) is 3.08. The van der Waals surface area contributed by atoms with Crippen LogP contribution in [0.15, 0.2) is 52.5 Å². The van der Waals surface area contributed by atoms with Gasteiger partial charge in [0.1, 0.15) is 29.3 Å². The fourth-order valence-corrected chi connectivity index (χ4v) is 5.04. The highest BCUT2D eigenvalue weighted by Crippen LogP contribution is 2.47. The molecule has 0 aliphatic carbocycles. The second-order valence-corrected chi connectivity index (χ2v) is 9.69. The van der Waals surface area contributed by atoms with Gasteiger partial charge in [-0.15, -0.1) is 0 Å². The van der Waals surface area contributed by atoms with Crippen LogP contribution in [0.5, 0.6) is 5.75 Å². The molecule has 4 N–H and O–H groups in total. The Hall–Kier alpha value is -3.45. The lowest BCUT2D eigenvalue weighted by molar-refractivity contribution is -0.142. The zero-order valence-electron chi connectivity index (χ0n) is 19.6. The fraction of sp³-hybridized carbons (Fsp3) is 0.450. The number of nitrogen functional groups attached to an aromatic ring is 1. The lowest BCUT2D eigenvalue weighted by atomic mass is 9.93. The number of aliphatic hydroxyl groups is 1. The fourth-order valence-electron chi connectivity index (χ4n) is 3.54. The quantitative estimate of drug-likeness (QED) is 0.133. The molecule has 2 heterocycles. The Kier molecular flexibility index (Phi) is 8.35. The second-order valence-electron chi connectivity index (χ2n) is 8.00. The van der Waals surface area contributed by atoms with Gasteiger partial charge in [0.05, 0.1) is 19.8 Å². The molecule has 1 aliphatic rings. The SMILES string of the molecule is COC(=O)[C@H](C)NP(=O)(OC[C@H]1O[C@@H](n2ccc(N)nc2=O)[C@](C)(N=[N+]=[N-])[C@@H]1O)Oc1ccccc1. The van der Waals surface area contributed by atoms with Crippen molar-refractivity contribution < 1.29 is 33.0 Å². The van der Waals surface area contributed by atoms with E-state index in [4.69, 9.17) is 25.0 Å². The average molecular weight is 523 g/mol. The molecule has 194 valence electrons. The Balaban J connectivity index is 1.87. The molecule has 1 fully saturated rings. The Morgan fingerprint density at radius 2 is 2.14 bits per heavy atom. The van der Waals surface area contributed by atoms with Gasteiger partial charge in [0.25, 0.3) is 0 Å². The summed E-state index contributed by atoms with van der Waals surface area (Å²) in [6.07, 6.45) is -2.77. The lowest BCUT2D eigenvalue weighted by Gasteiger charge is -2.28. The highest BCUT2D eigenvalue weighted by molar-refractivity contribution is 7.52. The minimum atomic E-state index is -4.25. The van der Waals surface area contributed by atoms with Crippen molar-refractivity contribution in [1.82, 2.24) is 14.6 Å². The first kappa shape index (κ1) is 27.1. The number of para-hydroxylation sites is 1. The van der Waals surface area contributed by atoms with Gasteiger partial charge in [-0.25, -0.2) is 9.36 Å². The number of rotatable bonds is 10. The maximum absolute atomic E-state index is 13.5. The topological polar surface area (TPSA) is 213 Å². The number of hydrogen-bond acceptors (Lipinski definition) is 11. The van der Waals surface area contributed by atoms with Crippen molar-refractivity contribution >= 4 is 19.5 Å². The van der Waals surface area contributed by atoms with Crippen LogP contribution in [-0.4, -0.2) is 58.1 Å². The summed E-state index contributed by atoms with van der Waals surface area (Å²) in [5.41, 5.74) is 12.1. The third kappa shape index (κ3) is 5.85. The van der Waals surface area contributed by atoms with Crippen LogP contribution in [0, 0.1) is 0 Å². The van der Waals surface area contributed by atoms with Crippen molar-refractivity contribution in [3.63, 3.8) is 0 Å². The Morgan fingerprint density at radius 3 is 2.75 bits per heavy atom. The molecule has 16 heteroatoms. The van der Waals surface area contributed by atoms with Crippen molar-refractivity contribution in [1.29, 1.82) is 0 Å². The van der Waals surface area contributed by atoms with E-state index >= 15 is 0 Å². The van der Waals surface area contributed by atoms with Crippen molar-refractivity contribution in [2.45, 2.75) is 43.9 Å². The van der Waals surface area contributed by atoms with E-state index in [0.29, 0.717) is 0 Å². The number of carbonyl (C=O) groups excluding carboxylic acids is 1. The molecule has 0 amide bonds. The number of nitrogens with two attached hydrogens (primary N) is 1. The van der Waals surface area contributed by atoms with Crippen molar-refractivity contribution in [3.8, 4) is 5.75 Å². The number of ether oxygens (including phenoxy) is 2. The number of methoxy groups -OCH3 is 1. The highest BCUT2D eigenvalue weighted by Gasteiger charge is 2.55. The highest BCUT2D eigenvalue weighted by atomic mass is 31.2. The molecule has 0 bridgehead atoms. The molecule has 36 heavy (non-hydrogen) atoms. The minimum Gasteiger partial charge on any atom is -0.468 e. The number of azide groups is 1. The minimum absolute atomic E-state index is 0.0371. The summed E-state index contributed by atoms with van der Waals surface area (Å²) in [6.45, 7) is 2.23. The molecule has 0 saturated carbocycles. The van der Waals surface area contributed by atoms with Crippen LogP contribution in [-0.2, 0) is 23.4 Å². The number of anilines is 1. The molecule has 1 aromatic carbocycles. The molecule has 6 atom stereocenters. The van der Waals surface area contributed by atoms with Gasteiger partial charge in [-0.1, -0.05) is 23.3 Å². The van der Waals surface area contributed by atoms with Crippen LogP contribution in [0.1, 0.15) is 20.1 Å². The van der Waals surface area contributed by atoms with Crippen molar-refractivity contribution in [2.24, 2.45) is 5.11 Å². The molecular weight excluding hydrogens is 497 g/mol. The summed E-state index contributed by atoms with van der Waals surface area (Å²) in [5, 5.41) is 17.1. The summed E-state index contributed by atoms with van der Waals surface area (Å²) < 4.78 is 36.1. The van der Waals surface area contributed by atoms with E-state index in [1.165, 1.54) is 38.2 Å². The molecule has 15 nitrogen and oxygen atoms in total. The molecule has 0 radical (unpaired) electrons. The predicted octanol–water partition coefficient (Wildman–Crippen LogP) is 1.51. The van der Waals surface area contributed by atoms with Crippen LogP contribution < -0.4 is 21.0 Å². The number of benzene rings is 1. The molecule has 1 aliphatic heterocycles. The normalized spacial score (nSPS) is 25.8. The number of aliphatic hydroxyl groups excluding tert-OH is 1. The zero-order chi connectivity index (χ0) is 26.5. The van der Waals surface area contributed by atoms with E-state index in [0.717, 1.165) is 11.7 Å². The Bertz CT molecular complexity index is 1240. The number of esters is 1. The van der Waals surface area contributed by atoms with Gasteiger partial charge in [0.15, 0.2) is 6.23 Å². The van der Waals surface area contributed by atoms with E-state index in [9.17, 15) is 19.3 Å². The van der Waals surface area contributed by atoms with E-state index in [1.807, 2.05) is 0 Å². The van der Waals surface area contributed by atoms with Gasteiger partial charge in [0, 0.05) is 11.1 Å². The van der Waals surface area contributed by atoms with Gasteiger partial charge in [-0.2, -0.15) is 10.1 Å². The van der Waals surface area contributed by atoms with Crippen LogP contribution in [0.2, 0.25) is 0 Å². The summed E-state index contributed by atoms with van der Waals surface area (Å²) >= 11 is 0. The van der Waals surface area contributed by atoms with Gasteiger partial charge >= 0.3 is 19.4 Å². The maximum atomic E-state index is 13.5. The van der Waals surface area contributed by atoms with E-state index in [2.05, 4.69) is 24.8 Å². The molecule has 0 spiro atoms. The van der Waals surface area contributed by atoms with Crippen LogP contribution in [0.25, 0.3) is 10.4 Å². The zero-order valence-corrected chi connectivity index (χ0v) is 20.5. The monoisotopic (exact) mass is 523 g/mol. The summed E-state index contributed by atoms with van der Waals surface area (Å²) in [7, 11) is -3.09. The predicted molar refractivity (Wildman–Crippen MR) is 126 cm³/mol. The van der Waals surface area contributed by atoms with Gasteiger partial charge in [-0.05, 0) is 37.6 Å². The molecule has 2 aromatic rings. The van der Waals surface area contributed by atoms with Crippen molar-refractivity contribution in [3.05, 3.63) is 63.5 Å². The number of nitrogens with zero attached hydrogens (tertiary/aromatic N) is 5. The van der Waals surface area contributed by atoms with Crippen LogP contribution in [0.3, 0.4) is 0 Å². The Morgan fingerprint density at radius 1 is 1.44 bits per heavy atom. The third-order valence-electron chi connectivity index (χ3n) is 5.40. The number of carbonyl (C=O) groups is 1. The largest absolute Gasteiger partial charge is 0.468 e. The van der Waals surface area contributed by atoms with E-state index < -0.39 is 56.0 Å². The molecule has 1 saturated heterocycles. The molecule has 3 rings (SSSR count). The van der Waals surface area contributed by atoms with Gasteiger partial charge in [0.2, 0.25) is 0 Å². The lowest BCUT2D eigenvalue weighted by Crippen LogP contribution is -2.45. The summed E-state index contributed by atoms with van der Waals surface area (Å²) in [6, 6.07) is 8.30. The van der Waals surface area contributed by atoms with Gasteiger partial charge < -0.3 is 24.8 Å². The standard InChI is InChI=1S/C20H26N7O8P/c1-12(17(29)32-3)24-36(31,35-13-7-5-4-6-8-13)33-11-14-16(28)20(2,25-26-22)18(34-14)27-10-9-15(21)23-19(27)30/h4-10,12,14,16,18,28H,11H2,1-3H3,(H,24,31)(H2,21,23,30)/t12-,14+,16+,18+,20+,36?/m0/s1. The summed E-state index contributed by atoms with van der Waals surface area (Å²) in [5.74, 6) is -0.585. The van der Waals surface area contributed by atoms with E-state index in [1.54, 1.807) is 18.2 Å². The number of aromatic nitrogens is 2. The molecule has 1 unspecified atom stereocenters. The smallest absolute Gasteiger partial charge is 0.459 e.